The monoisotopic (exact) mass is 474 g/mol. The summed E-state index contributed by atoms with van der Waals surface area (Å²) in [5.41, 5.74) is 1.15. The van der Waals surface area contributed by atoms with Gasteiger partial charge in [-0.2, -0.15) is 5.10 Å². The second-order valence-corrected chi connectivity index (χ2v) is 9.41. The van der Waals surface area contributed by atoms with Gasteiger partial charge >= 0.3 is 0 Å². The molecule has 4 aromatic rings. The average Bonchev–Trinajstić information content (AvgIpc) is 3.29. The first kappa shape index (κ1) is 24.0. The topological polar surface area (TPSA) is 114 Å². The van der Waals surface area contributed by atoms with E-state index in [2.05, 4.69) is 20.8 Å². The van der Waals surface area contributed by atoms with Crippen molar-refractivity contribution in [3.8, 4) is 22.9 Å². The molecule has 0 aliphatic carbocycles. The molecule has 1 amide bonds. The van der Waals surface area contributed by atoms with Gasteiger partial charge in [0.2, 0.25) is 0 Å². The number of carbonyl (C=O) groups excluding carboxylic acids is 1. The van der Waals surface area contributed by atoms with Gasteiger partial charge in [-0.05, 0) is 58.9 Å². The minimum absolute atomic E-state index is 0.0113. The molecule has 3 N–H and O–H groups in total. The first-order valence-electron chi connectivity index (χ1n) is 11.5. The number of aromatic nitrogens is 4. The molecule has 9 nitrogen and oxygen atoms in total. The molecule has 0 saturated heterocycles. The maximum absolute atomic E-state index is 12.1. The van der Waals surface area contributed by atoms with Gasteiger partial charge in [0.1, 0.15) is 17.3 Å². The molecule has 2 aromatic heterocycles. The molecule has 0 aliphatic heterocycles. The minimum atomic E-state index is -0.322. The van der Waals surface area contributed by atoms with Crippen molar-refractivity contribution in [1.29, 1.82) is 0 Å². The molecular weight excluding hydrogens is 444 g/mol. The molecule has 0 fully saturated rings. The van der Waals surface area contributed by atoms with Crippen molar-refractivity contribution in [3.05, 3.63) is 54.7 Å². The highest BCUT2D eigenvalue weighted by atomic mass is 16.5. The Morgan fingerprint density at radius 3 is 2.60 bits per heavy atom. The van der Waals surface area contributed by atoms with E-state index in [1.807, 2.05) is 77.1 Å². The van der Waals surface area contributed by atoms with Crippen LogP contribution in [0.1, 0.15) is 34.6 Å². The van der Waals surface area contributed by atoms with Crippen LogP contribution in [0.5, 0.6) is 11.5 Å². The lowest BCUT2D eigenvalue weighted by molar-refractivity contribution is -0.124. The van der Waals surface area contributed by atoms with Gasteiger partial charge in [-0.15, -0.1) is 0 Å². The Kier molecular flexibility index (Phi) is 6.86. The molecule has 9 heteroatoms. The van der Waals surface area contributed by atoms with Crippen LogP contribution < -0.4 is 20.1 Å². The number of aromatic amines is 1. The highest BCUT2D eigenvalue weighted by Crippen LogP contribution is 2.34. The quantitative estimate of drug-likeness (QED) is 0.335. The molecule has 0 unspecified atom stereocenters. The van der Waals surface area contributed by atoms with Crippen molar-refractivity contribution >= 4 is 28.4 Å². The summed E-state index contributed by atoms with van der Waals surface area (Å²) in [4.78, 5) is 21.8. The number of anilines is 2. The molecule has 4 rings (SSSR count). The number of ether oxygens (including phenoxy) is 2. The summed E-state index contributed by atoms with van der Waals surface area (Å²) in [6.45, 7) is 9.64. The van der Waals surface area contributed by atoms with Crippen molar-refractivity contribution in [2.75, 3.05) is 11.9 Å². The number of carbonyl (C=O) groups is 1. The molecule has 0 saturated carbocycles. The fourth-order valence-corrected chi connectivity index (χ4v) is 3.50. The summed E-state index contributed by atoms with van der Waals surface area (Å²) < 4.78 is 11.8. The standard InChI is InChI=1S/C26H30N6O3/c1-16(2)35-20-11-7-10-19-23(20)25(29-21-12-13-27-32-21)30-24(28-19)17-8-6-9-18(14-17)34-15-22(33)31-26(3,4)5/h6-14,16H,15H2,1-5H3,(H,31,33)(H2,27,28,29,30,32). The number of amides is 1. The van der Waals surface area contributed by atoms with Gasteiger partial charge < -0.3 is 20.1 Å². The molecule has 182 valence electrons. The van der Waals surface area contributed by atoms with Crippen LogP contribution in [-0.2, 0) is 4.79 Å². The van der Waals surface area contributed by atoms with E-state index in [1.54, 1.807) is 12.3 Å². The van der Waals surface area contributed by atoms with E-state index in [-0.39, 0.29) is 24.2 Å². The van der Waals surface area contributed by atoms with Crippen molar-refractivity contribution in [3.63, 3.8) is 0 Å². The number of nitrogens with one attached hydrogen (secondary N) is 3. The summed E-state index contributed by atoms with van der Waals surface area (Å²) in [5.74, 6) is 2.74. The number of rotatable bonds is 8. The first-order valence-corrected chi connectivity index (χ1v) is 11.5. The molecular formula is C26H30N6O3. The molecule has 2 aromatic carbocycles. The maximum Gasteiger partial charge on any atom is 0.258 e. The maximum atomic E-state index is 12.1. The normalized spacial score (nSPS) is 11.5. The molecule has 0 radical (unpaired) electrons. The second-order valence-electron chi connectivity index (χ2n) is 9.41. The third kappa shape index (κ3) is 6.26. The Morgan fingerprint density at radius 2 is 1.89 bits per heavy atom. The van der Waals surface area contributed by atoms with E-state index in [9.17, 15) is 4.79 Å². The van der Waals surface area contributed by atoms with Crippen LogP contribution in [0.15, 0.2) is 54.7 Å². The smallest absolute Gasteiger partial charge is 0.258 e. The Morgan fingerprint density at radius 1 is 1.09 bits per heavy atom. The van der Waals surface area contributed by atoms with Crippen LogP contribution in [0.3, 0.4) is 0 Å². The van der Waals surface area contributed by atoms with Crippen molar-refractivity contribution in [1.82, 2.24) is 25.5 Å². The Labute approximate surface area is 204 Å². The Balaban J connectivity index is 1.69. The van der Waals surface area contributed by atoms with E-state index in [4.69, 9.17) is 19.4 Å². The largest absolute Gasteiger partial charge is 0.490 e. The summed E-state index contributed by atoms with van der Waals surface area (Å²) in [6.07, 6.45) is 1.72. The number of nitrogens with zero attached hydrogens (tertiary/aromatic N) is 3. The van der Waals surface area contributed by atoms with E-state index < -0.39 is 0 Å². The third-order valence-corrected chi connectivity index (χ3v) is 4.77. The molecule has 0 spiro atoms. The Hall–Kier alpha value is -4.14. The fourth-order valence-electron chi connectivity index (χ4n) is 3.50. The van der Waals surface area contributed by atoms with Crippen LogP contribution in [0.4, 0.5) is 11.6 Å². The van der Waals surface area contributed by atoms with Crippen LogP contribution >= 0.6 is 0 Å². The molecule has 35 heavy (non-hydrogen) atoms. The van der Waals surface area contributed by atoms with Gasteiger partial charge in [-0.25, -0.2) is 9.97 Å². The zero-order chi connectivity index (χ0) is 25.0. The van der Waals surface area contributed by atoms with Gasteiger partial charge in [0.25, 0.3) is 5.91 Å². The van der Waals surface area contributed by atoms with Crippen LogP contribution in [0.25, 0.3) is 22.3 Å². The number of benzene rings is 2. The molecule has 2 heterocycles. The molecule has 0 atom stereocenters. The predicted molar refractivity (Wildman–Crippen MR) is 136 cm³/mol. The third-order valence-electron chi connectivity index (χ3n) is 4.77. The highest BCUT2D eigenvalue weighted by Gasteiger charge is 2.17. The number of H-pyrrole nitrogens is 1. The van der Waals surface area contributed by atoms with Crippen molar-refractivity contribution in [2.45, 2.75) is 46.3 Å². The number of hydrogen-bond donors (Lipinski definition) is 3. The average molecular weight is 475 g/mol. The highest BCUT2D eigenvalue weighted by molar-refractivity contribution is 5.97. The van der Waals surface area contributed by atoms with E-state index in [1.165, 1.54) is 0 Å². The lowest BCUT2D eigenvalue weighted by atomic mass is 10.1. The van der Waals surface area contributed by atoms with E-state index >= 15 is 0 Å². The summed E-state index contributed by atoms with van der Waals surface area (Å²) in [7, 11) is 0. The second kappa shape index (κ2) is 10.0. The Bertz CT molecular complexity index is 1310. The van der Waals surface area contributed by atoms with Crippen LogP contribution in [0.2, 0.25) is 0 Å². The lowest BCUT2D eigenvalue weighted by Crippen LogP contribution is -2.43. The van der Waals surface area contributed by atoms with Gasteiger partial charge in [0.15, 0.2) is 18.2 Å². The summed E-state index contributed by atoms with van der Waals surface area (Å²) in [5, 5.41) is 13.9. The van der Waals surface area contributed by atoms with Crippen molar-refractivity contribution in [2.24, 2.45) is 0 Å². The fraction of sp³-hybridized carbons (Fsp3) is 0.308. The van der Waals surface area contributed by atoms with Gasteiger partial charge in [-0.3, -0.25) is 9.89 Å². The van der Waals surface area contributed by atoms with Gasteiger partial charge in [0, 0.05) is 23.4 Å². The van der Waals surface area contributed by atoms with Gasteiger partial charge in [0.05, 0.1) is 17.0 Å². The zero-order valence-corrected chi connectivity index (χ0v) is 20.5. The summed E-state index contributed by atoms with van der Waals surface area (Å²) in [6, 6.07) is 14.9. The van der Waals surface area contributed by atoms with Crippen LogP contribution in [0, 0.1) is 0 Å². The predicted octanol–water partition coefficient (Wildman–Crippen LogP) is 4.84. The van der Waals surface area contributed by atoms with Crippen molar-refractivity contribution < 1.29 is 14.3 Å². The molecule has 0 bridgehead atoms. The SMILES string of the molecule is CC(C)Oc1cccc2nc(-c3cccc(OCC(=O)NC(C)(C)C)c3)nc(Nc3cc[nH]n3)c12. The molecule has 0 aliphatic rings. The number of fused-ring (bicyclic) bond motifs is 1. The summed E-state index contributed by atoms with van der Waals surface area (Å²) >= 11 is 0. The first-order chi connectivity index (χ1) is 16.7. The van der Waals surface area contributed by atoms with Gasteiger partial charge in [-0.1, -0.05) is 18.2 Å². The van der Waals surface area contributed by atoms with Crippen LogP contribution in [-0.4, -0.2) is 44.3 Å². The lowest BCUT2D eigenvalue weighted by Gasteiger charge is -2.20. The van der Waals surface area contributed by atoms with E-state index in [0.29, 0.717) is 29.0 Å². The van der Waals surface area contributed by atoms with E-state index in [0.717, 1.165) is 16.5 Å². The minimum Gasteiger partial charge on any atom is -0.490 e. The number of hydrogen-bond acceptors (Lipinski definition) is 7. The zero-order valence-electron chi connectivity index (χ0n) is 20.5.